The second-order valence-electron chi connectivity index (χ2n) is 5.02. The van der Waals surface area contributed by atoms with Gasteiger partial charge in [-0.1, -0.05) is 18.2 Å². The minimum Gasteiger partial charge on any atom is -0.495 e. The van der Waals surface area contributed by atoms with Gasteiger partial charge in [-0.05, 0) is 29.8 Å². The molecule has 1 aliphatic rings. The van der Waals surface area contributed by atoms with Gasteiger partial charge >= 0.3 is 11.8 Å². The normalized spacial score (nSPS) is 11.7. The summed E-state index contributed by atoms with van der Waals surface area (Å²) in [6.07, 6.45) is 0. The third-order valence-electron chi connectivity index (χ3n) is 3.45. The summed E-state index contributed by atoms with van der Waals surface area (Å²) in [5, 5.41) is 5.08. The van der Waals surface area contributed by atoms with Gasteiger partial charge in [0.25, 0.3) is 0 Å². The Morgan fingerprint density at radius 2 is 1.88 bits per heavy atom. The van der Waals surface area contributed by atoms with E-state index in [1.54, 1.807) is 42.5 Å². The second kappa shape index (κ2) is 6.91. The van der Waals surface area contributed by atoms with Crippen LogP contribution in [0.25, 0.3) is 0 Å². The predicted molar refractivity (Wildman–Crippen MR) is 86.0 cm³/mol. The first kappa shape index (κ1) is 15.7. The molecule has 0 saturated heterocycles. The molecule has 0 aromatic heterocycles. The minimum atomic E-state index is -0.764. The van der Waals surface area contributed by atoms with Crippen molar-refractivity contribution in [1.29, 1.82) is 0 Å². The Balaban J connectivity index is 1.57. The van der Waals surface area contributed by atoms with E-state index in [0.29, 0.717) is 22.9 Å². The van der Waals surface area contributed by atoms with E-state index >= 15 is 0 Å². The first-order chi connectivity index (χ1) is 11.7. The summed E-state index contributed by atoms with van der Waals surface area (Å²) in [6.45, 7) is 0.390. The van der Waals surface area contributed by atoms with Crippen LogP contribution in [-0.4, -0.2) is 25.7 Å². The Morgan fingerprint density at radius 1 is 1.08 bits per heavy atom. The highest BCUT2D eigenvalue weighted by atomic mass is 16.7. The van der Waals surface area contributed by atoms with Gasteiger partial charge in [-0.2, -0.15) is 0 Å². The summed E-state index contributed by atoms with van der Waals surface area (Å²) >= 11 is 0. The maximum Gasteiger partial charge on any atom is 0.313 e. The summed E-state index contributed by atoms with van der Waals surface area (Å²) in [6, 6.07) is 12.2. The van der Waals surface area contributed by atoms with Crippen LogP contribution in [0, 0.1) is 0 Å². The average Bonchev–Trinajstić information content (AvgIpc) is 3.07. The van der Waals surface area contributed by atoms with Crippen molar-refractivity contribution in [3.63, 3.8) is 0 Å². The number of amides is 2. The fraction of sp³-hybridized carbons (Fsp3) is 0.176. The van der Waals surface area contributed by atoms with Crippen molar-refractivity contribution in [2.45, 2.75) is 6.54 Å². The van der Waals surface area contributed by atoms with Gasteiger partial charge in [-0.15, -0.1) is 0 Å². The number of ether oxygens (including phenoxy) is 3. The highest BCUT2D eigenvalue weighted by Gasteiger charge is 2.17. The molecule has 7 nitrogen and oxygen atoms in total. The summed E-state index contributed by atoms with van der Waals surface area (Å²) in [5.74, 6) is 0.271. The van der Waals surface area contributed by atoms with E-state index in [2.05, 4.69) is 10.6 Å². The molecular formula is C17H16N2O5. The van der Waals surface area contributed by atoms with Gasteiger partial charge in [0.2, 0.25) is 6.79 Å². The number of methoxy groups -OCH3 is 1. The Labute approximate surface area is 138 Å². The summed E-state index contributed by atoms with van der Waals surface area (Å²) in [7, 11) is 1.49. The van der Waals surface area contributed by atoms with Gasteiger partial charge < -0.3 is 24.8 Å². The number of carbonyl (C=O) groups excluding carboxylic acids is 2. The number of hydrogen-bond acceptors (Lipinski definition) is 5. The average molecular weight is 328 g/mol. The van der Waals surface area contributed by atoms with E-state index < -0.39 is 11.8 Å². The number of fused-ring (bicyclic) bond motifs is 1. The molecule has 2 aromatic carbocycles. The zero-order valence-electron chi connectivity index (χ0n) is 13.0. The number of para-hydroxylation sites is 2. The van der Waals surface area contributed by atoms with Crippen molar-refractivity contribution in [3.8, 4) is 17.2 Å². The standard InChI is InChI=1S/C17H16N2O5/c1-22-13-5-3-2-4-12(13)19-17(21)16(20)18-9-11-6-7-14-15(8-11)24-10-23-14/h2-8H,9-10H2,1H3,(H,18,20)(H,19,21). The van der Waals surface area contributed by atoms with Crippen LogP contribution in [0.3, 0.4) is 0 Å². The largest absolute Gasteiger partial charge is 0.495 e. The fourth-order valence-corrected chi connectivity index (χ4v) is 2.24. The highest BCUT2D eigenvalue weighted by molar-refractivity contribution is 6.39. The molecule has 124 valence electrons. The molecule has 2 aromatic rings. The molecule has 0 saturated carbocycles. The van der Waals surface area contributed by atoms with Gasteiger partial charge in [0.05, 0.1) is 12.8 Å². The monoisotopic (exact) mass is 328 g/mol. The molecule has 0 aliphatic carbocycles. The zero-order valence-corrected chi connectivity index (χ0v) is 13.0. The Morgan fingerprint density at radius 3 is 2.71 bits per heavy atom. The molecule has 0 bridgehead atoms. The molecule has 24 heavy (non-hydrogen) atoms. The minimum absolute atomic E-state index is 0.187. The molecule has 1 heterocycles. The molecular weight excluding hydrogens is 312 g/mol. The summed E-state index contributed by atoms with van der Waals surface area (Å²) < 4.78 is 15.6. The molecule has 1 aliphatic heterocycles. The number of carbonyl (C=O) groups is 2. The van der Waals surface area contributed by atoms with Crippen molar-refractivity contribution in [1.82, 2.24) is 5.32 Å². The Bertz CT molecular complexity index is 775. The number of hydrogen-bond donors (Lipinski definition) is 2. The first-order valence-corrected chi connectivity index (χ1v) is 7.28. The highest BCUT2D eigenvalue weighted by Crippen LogP contribution is 2.32. The quantitative estimate of drug-likeness (QED) is 0.834. The number of nitrogens with one attached hydrogen (secondary N) is 2. The van der Waals surface area contributed by atoms with Crippen LogP contribution in [0.4, 0.5) is 5.69 Å². The van der Waals surface area contributed by atoms with Gasteiger partial charge in [0, 0.05) is 6.54 Å². The number of rotatable bonds is 4. The van der Waals surface area contributed by atoms with Crippen molar-refractivity contribution in [3.05, 3.63) is 48.0 Å². The second-order valence-corrected chi connectivity index (χ2v) is 5.02. The zero-order chi connectivity index (χ0) is 16.9. The topological polar surface area (TPSA) is 85.9 Å². The summed E-state index contributed by atoms with van der Waals surface area (Å²) in [4.78, 5) is 23.9. The van der Waals surface area contributed by atoms with Gasteiger partial charge in [-0.25, -0.2) is 0 Å². The molecule has 2 N–H and O–H groups in total. The first-order valence-electron chi connectivity index (χ1n) is 7.28. The molecule has 7 heteroatoms. The van der Waals surface area contributed by atoms with E-state index in [0.717, 1.165) is 5.56 Å². The lowest BCUT2D eigenvalue weighted by molar-refractivity contribution is -0.136. The SMILES string of the molecule is COc1ccccc1NC(=O)C(=O)NCc1ccc2c(c1)OCO2. The van der Waals surface area contributed by atoms with Crippen LogP contribution in [0.15, 0.2) is 42.5 Å². The molecule has 0 unspecified atom stereocenters. The molecule has 0 fully saturated rings. The van der Waals surface area contributed by atoms with E-state index in [9.17, 15) is 9.59 Å². The van der Waals surface area contributed by atoms with Crippen LogP contribution in [-0.2, 0) is 16.1 Å². The molecule has 3 rings (SSSR count). The van der Waals surface area contributed by atoms with E-state index in [1.807, 2.05) is 0 Å². The molecule has 0 atom stereocenters. The van der Waals surface area contributed by atoms with Crippen molar-refractivity contribution < 1.29 is 23.8 Å². The van der Waals surface area contributed by atoms with Crippen LogP contribution >= 0.6 is 0 Å². The van der Waals surface area contributed by atoms with Gasteiger partial charge in [0.15, 0.2) is 11.5 Å². The summed E-state index contributed by atoms with van der Waals surface area (Å²) in [5.41, 5.74) is 1.24. The maximum absolute atomic E-state index is 12.0. The smallest absolute Gasteiger partial charge is 0.313 e. The molecule has 0 spiro atoms. The Kier molecular flexibility index (Phi) is 4.51. The van der Waals surface area contributed by atoms with Crippen molar-refractivity contribution >= 4 is 17.5 Å². The third kappa shape index (κ3) is 3.40. The van der Waals surface area contributed by atoms with Crippen molar-refractivity contribution in [2.24, 2.45) is 0 Å². The number of benzene rings is 2. The van der Waals surface area contributed by atoms with Crippen LogP contribution in [0.2, 0.25) is 0 Å². The lowest BCUT2D eigenvalue weighted by Gasteiger charge is -2.10. The lowest BCUT2D eigenvalue weighted by atomic mass is 10.2. The van der Waals surface area contributed by atoms with Gasteiger partial charge in [-0.3, -0.25) is 9.59 Å². The fourth-order valence-electron chi connectivity index (χ4n) is 2.24. The lowest BCUT2D eigenvalue weighted by Crippen LogP contribution is -2.35. The van der Waals surface area contributed by atoms with E-state index in [1.165, 1.54) is 7.11 Å². The van der Waals surface area contributed by atoms with E-state index in [-0.39, 0.29) is 13.3 Å². The van der Waals surface area contributed by atoms with Crippen LogP contribution < -0.4 is 24.8 Å². The van der Waals surface area contributed by atoms with Crippen LogP contribution in [0.5, 0.6) is 17.2 Å². The van der Waals surface area contributed by atoms with E-state index in [4.69, 9.17) is 14.2 Å². The van der Waals surface area contributed by atoms with Gasteiger partial charge in [0.1, 0.15) is 5.75 Å². The molecule has 0 radical (unpaired) electrons. The third-order valence-corrected chi connectivity index (χ3v) is 3.45. The Hall–Kier alpha value is -3.22. The number of anilines is 1. The predicted octanol–water partition coefficient (Wildman–Crippen LogP) is 1.68. The molecule has 2 amide bonds. The maximum atomic E-state index is 12.0. The van der Waals surface area contributed by atoms with Crippen molar-refractivity contribution in [2.75, 3.05) is 19.2 Å². The van der Waals surface area contributed by atoms with Crippen LogP contribution in [0.1, 0.15) is 5.56 Å².